The lowest BCUT2D eigenvalue weighted by Crippen LogP contribution is -2.38. The first-order chi connectivity index (χ1) is 12.8. The second-order valence-electron chi connectivity index (χ2n) is 7.00. The summed E-state index contributed by atoms with van der Waals surface area (Å²) < 4.78 is 7.38. The van der Waals surface area contributed by atoms with Crippen molar-refractivity contribution in [2.75, 3.05) is 19.7 Å². The summed E-state index contributed by atoms with van der Waals surface area (Å²) in [6.45, 7) is 3.00. The predicted octanol–water partition coefficient (Wildman–Crippen LogP) is 2.60. The van der Waals surface area contributed by atoms with E-state index in [1.807, 2.05) is 18.2 Å². The van der Waals surface area contributed by atoms with E-state index >= 15 is 0 Å². The van der Waals surface area contributed by atoms with Gasteiger partial charge in [-0.3, -0.25) is 9.69 Å². The predicted molar refractivity (Wildman–Crippen MR) is 99.5 cm³/mol. The molecule has 3 aromatic rings. The van der Waals surface area contributed by atoms with Crippen LogP contribution in [0.1, 0.15) is 41.1 Å². The smallest absolute Gasteiger partial charge is 0.275 e. The van der Waals surface area contributed by atoms with Crippen LogP contribution in [0.25, 0.3) is 4.96 Å². The molecule has 5 rings (SSSR count). The second kappa shape index (κ2) is 6.57. The highest BCUT2D eigenvalue weighted by molar-refractivity contribution is 7.16. The zero-order valence-corrected chi connectivity index (χ0v) is 15.2. The molecule has 2 aromatic heterocycles. The van der Waals surface area contributed by atoms with Crippen molar-refractivity contribution in [3.8, 4) is 0 Å². The molecule has 1 saturated carbocycles. The van der Waals surface area contributed by atoms with Crippen molar-refractivity contribution in [3.63, 3.8) is 0 Å². The van der Waals surface area contributed by atoms with Gasteiger partial charge in [0.1, 0.15) is 5.01 Å². The highest BCUT2D eigenvalue weighted by Crippen LogP contribution is 2.41. The summed E-state index contributed by atoms with van der Waals surface area (Å²) in [4.78, 5) is 20.1. The Morgan fingerprint density at radius 2 is 2.08 bits per heavy atom. The minimum Gasteiger partial charge on any atom is -0.371 e. The second-order valence-corrected chi connectivity index (χ2v) is 7.99. The molecule has 0 radical (unpaired) electrons. The molecule has 2 fully saturated rings. The molecular formula is C19H20N4O2S. The van der Waals surface area contributed by atoms with Crippen LogP contribution in [-0.2, 0) is 11.3 Å². The Balaban J connectivity index is 1.36. The van der Waals surface area contributed by atoms with E-state index in [1.165, 1.54) is 22.9 Å². The summed E-state index contributed by atoms with van der Waals surface area (Å²) in [6.07, 6.45) is 2.42. The lowest BCUT2D eigenvalue weighted by molar-refractivity contribution is -0.0332. The summed E-state index contributed by atoms with van der Waals surface area (Å²) >= 11 is 1.55. The number of ether oxygens (including phenoxy) is 1. The van der Waals surface area contributed by atoms with E-state index in [0.29, 0.717) is 24.0 Å². The first-order valence-electron chi connectivity index (χ1n) is 9.05. The van der Waals surface area contributed by atoms with Gasteiger partial charge in [-0.05, 0) is 18.4 Å². The van der Waals surface area contributed by atoms with E-state index in [4.69, 9.17) is 9.72 Å². The van der Waals surface area contributed by atoms with Crippen LogP contribution in [0.5, 0.6) is 0 Å². The van der Waals surface area contributed by atoms with Gasteiger partial charge >= 0.3 is 0 Å². The Morgan fingerprint density at radius 3 is 2.88 bits per heavy atom. The monoisotopic (exact) mass is 368 g/mol. The number of hydrogen-bond acceptors (Lipinski definition) is 6. The summed E-state index contributed by atoms with van der Waals surface area (Å²) in [5, 5.41) is 5.48. The fourth-order valence-electron chi connectivity index (χ4n) is 3.39. The molecule has 0 bridgehead atoms. The van der Waals surface area contributed by atoms with Crippen LogP contribution < -0.4 is 5.56 Å². The average molecular weight is 368 g/mol. The van der Waals surface area contributed by atoms with Crippen LogP contribution in [0, 0.1) is 0 Å². The molecule has 2 aliphatic rings. The van der Waals surface area contributed by atoms with Gasteiger partial charge in [-0.2, -0.15) is 9.61 Å². The van der Waals surface area contributed by atoms with Gasteiger partial charge in [0, 0.05) is 31.6 Å². The lowest BCUT2D eigenvalue weighted by atomic mass is 10.1. The molecule has 134 valence electrons. The van der Waals surface area contributed by atoms with Crippen molar-refractivity contribution in [2.24, 2.45) is 0 Å². The number of benzene rings is 1. The Kier molecular flexibility index (Phi) is 4.07. The van der Waals surface area contributed by atoms with Gasteiger partial charge in [-0.1, -0.05) is 41.7 Å². The number of aromatic nitrogens is 3. The van der Waals surface area contributed by atoms with Crippen LogP contribution in [0.2, 0.25) is 0 Å². The zero-order valence-electron chi connectivity index (χ0n) is 14.4. The van der Waals surface area contributed by atoms with Gasteiger partial charge in [-0.15, -0.1) is 0 Å². The van der Waals surface area contributed by atoms with Crippen LogP contribution in [-0.4, -0.2) is 39.2 Å². The lowest BCUT2D eigenvalue weighted by Gasteiger charge is -2.32. The van der Waals surface area contributed by atoms with Crippen molar-refractivity contribution in [3.05, 3.63) is 63.0 Å². The van der Waals surface area contributed by atoms with Gasteiger partial charge in [0.25, 0.3) is 5.56 Å². The Morgan fingerprint density at radius 1 is 1.23 bits per heavy atom. The molecule has 0 amide bonds. The van der Waals surface area contributed by atoms with E-state index < -0.39 is 0 Å². The fourth-order valence-corrected chi connectivity index (χ4v) is 4.48. The van der Waals surface area contributed by atoms with Gasteiger partial charge in [0.2, 0.25) is 4.96 Å². The fraction of sp³-hybridized carbons (Fsp3) is 0.421. The van der Waals surface area contributed by atoms with Crippen LogP contribution >= 0.6 is 11.3 Å². The molecule has 0 spiro atoms. The average Bonchev–Trinajstić information content (AvgIpc) is 3.42. The number of rotatable bonds is 4. The minimum atomic E-state index is -0.0824. The van der Waals surface area contributed by atoms with Gasteiger partial charge in [0.15, 0.2) is 0 Å². The Labute approximate surface area is 155 Å². The zero-order chi connectivity index (χ0) is 17.5. The molecule has 0 unspecified atom stereocenters. The van der Waals surface area contributed by atoms with Crippen LogP contribution in [0.15, 0.2) is 41.2 Å². The highest BCUT2D eigenvalue weighted by Gasteiger charge is 2.28. The number of fused-ring (bicyclic) bond motifs is 1. The van der Waals surface area contributed by atoms with Crippen molar-refractivity contribution in [1.29, 1.82) is 0 Å². The van der Waals surface area contributed by atoms with Crippen LogP contribution in [0.3, 0.4) is 0 Å². The molecule has 3 heterocycles. The van der Waals surface area contributed by atoms with E-state index in [0.717, 1.165) is 23.8 Å². The van der Waals surface area contributed by atoms with E-state index in [-0.39, 0.29) is 11.7 Å². The third-order valence-corrected chi connectivity index (χ3v) is 6.02. The molecule has 1 aliphatic carbocycles. The number of nitrogens with zero attached hydrogens (tertiary/aromatic N) is 4. The maximum atomic E-state index is 12.4. The van der Waals surface area contributed by atoms with E-state index in [1.54, 1.807) is 17.4 Å². The summed E-state index contributed by atoms with van der Waals surface area (Å²) in [6, 6.07) is 11.9. The Hall–Kier alpha value is -2.09. The third kappa shape index (κ3) is 3.18. The molecule has 1 saturated heterocycles. The van der Waals surface area contributed by atoms with E-state index in [2.05, 4.69) is 22.1 Å². The summed E-state index contributed by atoms with van der Waals surface area (Å²) in [7, 11) is 0. The third-order valence-electron chi connectivity index (χ3n) is 4.95. The van der Waals surface area contributed by atoms with E-state index in [9.17, 15) is 4.79 Å². The van der Waals surface area contributed by atoms with Crippen molar-refractivity contribution >= 4 is 16.3 Å². The molecule has 0 N–H and O–H groups in total. The SMILES string of the molecule is O=c1cc(CN2CCO[C@@H](c3ccccc3)C2)nc2sc(C3CC3)nn12. The molecule has 7 heteroatoms. The molecule has 1 aromatic carbocycles. The molecule has 6 nitrogen and oxygen atoms in total. The van der Waals surface area contributed by atoms with Crippen LogP contribution in [0.4, 0.5) is 0 Å². The summed E-state index contributed by atoms with van der Waals surface area (Å²) in [5.41, 5.74) is 1.92. The first-order valence-corrected chi connectivity index (χ1v) is 9.86. The van der Waals surface area contributed by atoms with Gasteiger partial charge in [-0.25, -0.2) is 4.98 Å². The standard InChI is InChI=1S/C19H20N4O2S/c24-17-10-15(20-19-23(17)21-18(26-19)14-6-7-14)11-22-8-9-25-16(12-22)13-4-2-1-3-5-13/h1-5,10,14,16H,6-9,11-12H2/t16-/m1/s1. The quantitative estimate of drug-likeness (QED) is 0.708. The maximum absolute atomic E-state index is 12.4. The number of morpholine rings is 1. The minimum absolute atomic E-state index is 0.0691. The van der Waals surface area contributed by atoms with Crippen molar-refractivity contribution in [2.45, 2.75) is 31.4 Å². The largest absolute Gasteiger partial charge is 0.371 e. The summed E-state index contributed by atoms with van der Waals surface area (Å²) in [5.74, 6) is 0.537. The van der Waals surface area contributed by atoms with Crippen molar-refractivity contribution in [1.82, 2.24) is 19.5 Å². The maximum Gasteiger partial charge on any atom is 0.275 e. The molecule has 26 heavy (non-hydrogen) atoms. The molecule has 1 atom stereocenters. The van der Waals surface area contributed by atoms with Crippen molar-refractivity contribution < 1.29 is 4.74 Å². The first kappa shape index (κ1) is 16.1. The van der Waals surface area contributed by atoms with Gasteiger partial charge in [0.05, 0.1) is 18.4 Å². The number of hydrogen-bond donors (Lipinski definition) is 0. The molecular weight excluding hydrogens is 348 g/mol. The topological polar surface area (TPSA) is 59.7 Å². The van der Waals surface area contributed by atoms with Gasteiger partial charge < -0.3 is 4.74 Å². The normalized spacial score (nSPS) is 21.3. The molecule has 1 aliphatic heterocycles. The Bertz CT molecular complexity index is 980. The highest BCUT2D eigenvalue weighted by atomic mass is 32.1.